The predicted octanol–water partition coefficient (Wildman–Crippen LogP) is 2.25. The van der Waals surface area contributed by atoms with Crippen LogP contribution in [0.15, 0.2) is 23.1 Å². The fourth-order valence-electron chi connectivity index (χ4n) is 3.65. The zero-order valence-electron chi connectivity index (χ0n) is 16.9. The van der Waals surface area contributed by atoms with Crippen molar-refractivity contribution in [2.75, 3.05) is 51.1 Å². The van der Waals surface area contributed by atoms with Crippen molar-refractivity contribution in [1.82, 2.24) is 14.5 Å². The highest BCUT2D eigenvalue weighted by Crippen LogP contribution is 2.25. The lowest BCUT2D eigenvalue weighted by molar-refractivity contribution is -0.117. The molecular formula is C19H32Cl2N4O3S. The molecule has 0 aliphatic carbocycles. The van der Waals surface area contributed by atoms with Gasteiger partial charge in [0.15, 0.2) is 0 Å². The number of sulfonamides is 1. The molecule has 29 heavy (non-hydrogen) atoms. The van der Waals surface area contributed by atoms with Crippen LogP contribution < -0.4 is 10.6 Å². The van der Waals surface area contributed by atoms with Crippen molar-refractivity contribution in [2.24, 2.45) is 0 Å². The number of nitrogens with zero attached hydrogens (tertiary/aromatic N) is 2. The molecular weight excluding hydrogens is 435 g/mol. The van der Waals surface area contributed by atoms with E-state index in [1.54, 1.807) is 29.4 Å². The maximum Gasteiger partial charge on any atom is 0.243 e. The van der Waals surface area contributed by atoms with E-state index >= 15 is 0 Å². The first-order chi connectivity index (χ1) is 13.0. The Bertz CT molecular complexity index is 763. The molecule has 1 aromatic rings. The van der Waals surface area contributed by atoms with Crippen LogP contribution in [0.1, 0.15) is 31.2 Å². The topological polar surface area (TPSA) is 81.8 Å². The summed E-state index contributed by atoms with van der Waals surface area (Å²) in [5, 5.41) is 6.12. The Morgan fingerprint density at radius 2 is 1.66 bits per heavy atom. The molecule has 7 nitrogen and oxygen atoms in total. The molecule has 1 amide bonds. The van der Waals surface area contributed by atoms with Crippen LogP contribution in [0.3, 0.4) is 0 Å². The third-order valence-corrected chi connectivity index (χ3v) is 7.27. The SMILES string of the molecule is Cc1ccc(NC(=O)CN2CCNCC2)cc1S(=O)(=O)N1CCCCCC1.Cl.Cl. The quantitative estimate of drug-likeness (QED) is 0.695. The Balaban J connectivity index is 0.00000210. The Morgan fingerprint density at radius 1 is 1.03 bits per heavy atom. The van der Waals surface area contributed by atoms with Crippen LogP contribution >= 0.6 is 24.8 Å². The van der Waals surface area contributed by atoms with Gasteiger partial charge in [-0.15, -0.1) is 24.8 Å². The fourth-order valence-corrected chi connectivity index (χ4v) is 5.42. The van der Waals surface area contributed by atoms with E-state index in [9.17, 15) is 13.2 Å². The van der Waals surface area contributed by atoms with Gasteiger partial charge < -0.3 is 10.6 Å². The van der Waals surface area contributed by atoms with Gasteiger partial charge in [0, 0.05) is 45.0 Å². The first-order valence-electron chi connectivity index (χ1n) is 9.80. The number of halogens is 2. The molecule has 0 bridgehead atoms. The molecule has 2 aliphatic heterocycles. The van der Waals surface area contributed by atoms with E-state index in [1.807, 2.05) is 0 Å². The van der Waals surface area contributed by atoms with Crippen molar-refractivity contribution in [3.05, 3.63) is 23.8 Å². The second kappa shape index (κ2) is 12.1. The summed E-state index contributed by atoms with van der Waals surface area (Å²) in [6, 6.07) is 5.14. The van der Waals surface area contributed by atoms with Crippen LogP contribution in [-0.4, -0.2) is 69.3 Å². The van der Waals surface area contributed by atoms with E-state index in [1.165, 1.54) is 0 Å². The normalized spacial score (nSPS) is 18.8. The van der Waals surface area contributed by atoms with Gasteiger partial charge in [-0.25, -0.2) is 8.42 Å². The Morgan fingerprint density at radius 3 is 2.28 bits per heavy atom. The average Bonchev–Trinajstić information content (AvgIpc) is 2.94. The minimum Gasteiger partial charge on any atom is -0.325 e. The number of rotatable bonds is 5. The van der Waals surface area contributed by atoms with Gasteiger partial charge in [0.2, 0.25) is 15.9 Å². The summed E-state index contributed by atoms with van der Waals surface area (Å²) >= 11 is 0. The lowest BCUT2D eigenvalue weighted by atomic mass is 10.2. The van der Waals surface area contributed by atoms with Gasteiger partial charge in [0.25, 0.3) is 0 Å². The summed E-state index contributed by atoms with van der Waals surface area (Å²) < 4.78 is 27.8. The monoisotopic (exact) mass is 466 g/mol. The first kappa shape index (κ1) is 26.1. The molecule has 10 heteroatoms. The number of anilines is 1. The molecule has 0 saturated carbocycles. The molecule has 0 spiro atoms. The zero-order chi connectivity index (χ0) is 19.3. The number of aryl methyl sites for hydroxylation is 1. The standard InChI is InChI=1S/C19H30N4O3S.2ClH/c1-16-6-7-17(21-19(24)15-22-12-8-20-9-13-22)14-18(16)27(25,26)23-10-4-2-3-5-11-23;;/h6-7,14,20H,2-5,8-13,15H2,1H3,(H,21,24);2*1H. The molecule has 2 fully saturated rings. The fraction of sp³-hybridized carbons (Fsp3) is 0.632. The average molecular weight is 467 g/mol. The number of piperazine rings is 1. The summed E-state index contributed by atoms with van der Waals surface area (Å²) in [6.45, 7) is 6.72. The summed E-state index contributed by atoms with van der Waals surface area (Å²) in [5.74, 6) is -0.112. The molecule has 2 saturated heterocycles. The van der Waals surface area contributed by atoms with Gasteiger partial charge in [0.05, 0.1) is 11.4 Å². The van der Waals surface area contributed by atoms with Crippen LogP contribution in [0.5, 0.6) is 0 Å². The molecule has 0 aromatic heterocycles. The lowest BCUT2D eigenvalue weighted by Gasteiger charge is -2.26. The van der Waals surface area contributed by atoms with E-state index in [4.69, 9.17) is 0 Å². The van der Waals surface area contributed by atoms with Crippen LogP contribution in [0.2, 0.25) is 0 Å². The zero-order valence-corrected chi connectivity index (χ0v) is 19.3. The highest BCUT2D eigenvalue weighted by molar-refractivity contribution is 7.89. The third-order valence-electron chi connectivity index (χ3n) is 5.23. The van der Waals surface area contributed by atoms with Gasteiger partial charge in [-0.2, -0.15) is 4.31 Å². The van der Waals surface area contributed by atoms with E-state index in [0.29, 0.717) is 35.8 Å². The molecule has 2 aliphatic rings. The number of hydrogen-bond acceptors (Lipinski definition) is 5. The minimum atomic E-state index is -3.54. The third kappa shape index (κ3) is 7.08. The molecule has 1 aromatic carbocycles. The summed E-state index contributed by atoms with van der Waals surface area (Å²) in [5.41, 5.74) is 1.24. The molecule has 166 valence electrons. The largest absolute Gasteiger partial charge is 0.325 e. The minimum absolute atomic E-state index is 0. The van der Waals surface area contributed by atoms with Gasteiger partial charge >= 0.3 is 0 Å². The Hall–Kier alpha value is -0.900. The molecule has 0 atom stereocenters. The maximum atomic E-state index is 13.1. The van der Waals surface area contributed by atoms with Crippen molar-refractivity contribution in [3.8, 4) is 0 Å². The van der Waals surface area contributed by atoms with Gasteiger partial charge in [-0.05, 0) is 37.5 Å². The van der Waals surface area contributed by atoms with Gasteiger partial charge in [0.1, 0.15) is 0 Å². The van der Waals surface area contributed by atoms with Crippen LogP contribution in [-0.2, 0) is 14.8 Å². The lowest BCUT2D eigenvalue weighted by Crippen LogP contribution is -2.46. The van der Waals surface area contributed by atoms with E-state index in [-0.39, 0.29) is 30.7 Å². The van der Waals surface area contributed by atoms with E-state index < -0.39 is 10.0 Å². The molecule has 2 heterocycles. The second-order valence-electron chi connectivity index (χ2n) is 7.37. The van der Waals surface area contributed by atoms with Crippen molar-refractivity contribution in [3.63, 3.8) is 0 Å². The number of carbonyl (C=O) groups excluding carboxylic acids is 1. The number of hydrogen-bond donors (Lipinski definition) is 2. The van der Waals surface area contributed by atoms with Crippen molar-refractivity contribution in [1.29, 1.82) is 0 Å². The molecule has 3 rings (SSSR count). The maximum absolute atomic E-state index is 13.1. The smallest absolute Gasteiger partial charge is 0.243 e. The molecule has 0 unspecified atom stereocenters. The summed E-state index contributed by atoms with van der Waals surface area (Å²) in [7, 11) is -3.54. The van der Waals surface area contributed by atoms with Crippen LogP contribution in [0, 0.1) is 6.92 Å². The number of benzene rings is 1. The van der Waals surface area contributed by atoms with Crippen LogP contribution in [0.4, 0.5) is 5.69 Å². The highest BCUT2D eigenvalue weighted by atomic mass is 35.5. The first-order valence-corrected chi connectivity index (χ1v) is 11.2. The Kier molecular flexibility index (Phi) is 10.9. The van der Waals surface area contributed by atoms with E-state index in [0.717, 1.165) is 51.9 Å². The molecule has 2 N–H and O–H groups in total. The van der Waals surface area contributed by atoms with Gasteiger partial charge in [-0.1, -0.05) is 18.9 Å². The number of amides is 1. The van der Waals surface area contributed by atoms with Crippen molar-refractivity contribution < 1.29 is 13.2 Å². The van der Waals surface area contributed by atoms with E-state index in [2.05, 4.69) is 15.5 Å². The number of carbonyl (C=O) groups is 1. The van der Waals surface area contributed by atoms with Crippen molar-refractivity contribution >= 4 is 46.4 Å². The van der Waals surface area contributed by atoms with Crippen LogP contribution in [0.25, 0.3) is 0 Å². The molecule has 0 radical (unpaired) electrons. The summed E-state index contributed by atoms with van der Waals surface area (Å²) in [4.78, 5) is 14.7. The van der Waals surface area contributed by atoms with Crippen molar-refractivity contribution in [2.45, 2.75) is 37.5 Å². The number of nitrogens with one attached hydrogen (secondary N) is 2. The predicted molar refractivity (Wildman–Crippen MR) is 121 cm³/mol. The Labute approximate surface area is 186 Å². The van der Waals surface area contributed by atoms with Gasteiger partial charge in [-0.3, -0.25) is 9.69 Å². The highest BCUT2D eigenvalue weighted by Gasteiger charge is 2.27. The summed E-state index contributed by atoms with van der Waals surface area (Å²) in [6.07, 6.45) is 3.96. The second-order valence-corrected chi connectivity index (χ2v) is 9.28.